The van der Waals surface area contributed by atoms with Crippen molar-refractivity contribution in [2.45, 2.75) is 31.3 Å². The Labute approximate surface area is 176 Å². The molecule has 7 heteroatoms. The molecule has 28 heavy (non-hydrogen) atoms. The maximum absolute atomic E-state index is 13.6. The van der Waals surface area contributed by atoms with Crippen molar-refractivity contribution in [3.63, 3.8) is 0 Å². The summed E-state index contributed by atoms with van der Waals surface area (Å²) in [5.74, 6) is 0.804. The van der Waals surface area contributed by atoms with E-state index < -0.39 is 0 Å². The Kier molecular flexibility index (Phi) is 6.28. The van der Waals surface area contributed by atoms with Crippen molar-refractivity contribution in [1.29, 1.82) is 0 Å². The summed E-state index contributed by atoms with van der Waals surface area (Å²) in [6, 6.07) is 14.1. The number of aromatic nitrogens is 1. The topological polar surface area (TPSA) is 58.4 Å². The number of halogens is 2. The largest absolute Gasteiger partial charge is 0.463 e. The molecule has 4 heterocycles. The fraction of sp³-hybridized carbons (Fsp3) is 0.333. The zero-order valence-corrected chi connectivity index (χ0v) is 17.0. The Morgan fingerprint density at radius 2 is 1.89 bits per heavy atom. The maximum Gasteiger partial charge on any atom is 0.255 e. The third-order valence-electron chi connectivity index (χ3n) is 5.61. The second-order valence-corrected chi connectivity index (χ2v) is 7.14. The van der Waals surface area contributed by atoms with Crippen LogP contribution in [-0.2, 0) is 0 Å². The van der Waals surface area contributed by atoms with Crippen LogP contribution in [0.2, 0.25) is 0 Å². The number of fused-ring (bicyclic) bond motifs is 3. The highest BCUT2D eigenvalue weighted by molar-refractivity contribution is 6.07. The van der Waals surface area contributed by atoms with Crippen LogP contribution in [0.3, 0.4) is 0 Å². The molecule has 2 saturated heterocycles. The molecule has 2 aliphatic heterocycles. The lowest BCUT2D eigenvalue weighted by atomic mass is 10.0. The number of carbonyl (C=O) groups is 1. The van der Waals surface area contributed by atoms with Gasteiger partial charge in [-0.05, 0) is 50.1 Å². The van der Waals surface area contributed by atoms with E-state index >= 15 is 0 Å². The number of hydrogen-bond acceptors (Lipinski definition) is 4. The second-order valence-electron chi connectivity index (χ2n) is 7.14. The van der Waals surface area contributed by atoms with Gasteiger partial charge in [-0.2, -0.15) is 0 Å². The average molecular weight is 420 g/mol. The average Bonchev–Trinajstić information content (AvgIpc) is 3.27. The van der Waals surface area contributed by atoms with Crippen LogP contribution in [0, 0.1) is 0 Å². The van der Waals surface area contributed by atoms with Gasteiger partial charge in [-0.1, -0.05) is 18.2 Å². The van der Waals surface area contributed by atoms with Gasteiger partial charge in [-0.25, -0.2) is 4.98 Å². The minimum Gasteiger partial charge on any atom is -0.463 e. The van der Waals surface area contributed by atoms with Crippen molar-refractivity contribution in [3.8, 4) is 11.5 Å². The van der Waals surface area contributed by atoms with Gasteiger partial charge < -0.3 is 14.6 Å². The molecule has 1 N–H and O–H groups in total. The number of nitrogens with zero attached hydrogens (tertiary/aromatic N) is 2. The van der Waals surface area contributed by atoms with Crippen LogP contribution in [0.1, 0.15) is 29.6 Å². The van der Waals surface area contributed by atoms with Crippen LogP contribution in [0.25, 0.3) is 22.4 Å². The van der Waals surface area contributed by atoms with Crippen molar-refractivity contribution >= 4 is 41.6 Å². The summed E-state index contributed by atoms with van der Waals surface area (Å²) < 4.78 is 5.53. The molecule has 1 aromatic carbocycles. The first-order valence-corrected chi connectivity index (χ1v) is 9.28. The highest BCUT2D eigenvalue weighted by atomic mass is 35.5. The van der Waals surface area contributed by atoms with E-state index in [1.807, 2.05) is 42.5 Å². The minimum atomic E-state index is 0. The molecule has 2 bridgehead atoms. The van der Waals surface area contributed by atoms with Crippen LogP contribution < -0.4 is 5.32 Å². The van der Waals surface area contributed by atoms with Gasteiger partial charge in [0, 0.05) is 24.0 Å². The van der Waals surface area contributed by atoms with Gasteiger partial charge in [0.1, 0.15) is 5.69 Å². The monoisotopic (exact) mass is 419 g/mol. The molecule has 5 rings (SSSR count). The number of carbonyl (C=O) groups excluding carboxylic acids is 1. The molecule has 0 radical (unpaired) electrons. The number of hydrogen-bond donors (Lipinski definition) is 1. The third kappa shape index (κ3) is 3.50. The van der Waals surface area contributed by atoms with Crippen LogP contribution in [0.4, 0.5) is 0 Å². The Balaban J connectivity index is 0.00000112. The lowest BCUT2D eigenvalue weighted by molar-refractivity contribution is 0.0682. The van der Waals surface area contributed by atoms with Crippen molar-refractivity contribution in [3.05, 3.63) is 54.3 Å². The van der Waals surface area contributed by atoms with E-state index in [2.05, 4.69) is 10.2 Å². The van der Waals surface area contributed by atoms with Gasteiger partial charge in [0.15, 0.2) is 5.76 Å². The maximum atomic E-state index is 13.6. The van der Waals surface area contributed by atoms with E-state index in [1.165, 1.54) is 0 Å². The Morgan fingerprint density at radius 3 is 2.71 bits per heavy atom. The summed E-state index contributed by atoms with van der Waals surface area (Å²) in [7, 11) is 0. The fourth-order valence-corrected chi connectivity index (χ4v) is 4.36. The normalized spacial score (nSPS) is 20.9. The molecule has 2 atom stereocenters. The molecule has 0 saturated carbocycles. The summed E-state index contributed by atoms with van der Waals surface area (Å²) in [5, 5.41) is 4.37. The summed E-state index contributed by atoms with van der Waals surface area (Å²) in [6.45, 7) is 1.87. The molecule has 2 unspecified atom stereocenters. The second kappa shape index (κ2) is 8.52. The predicted octanol–water partition coefficient (Wildman–Crippen LogP) is 4.30. The number of pyridine rings is 1. The quantitative estimate of drug-likeness (QED) is 0.672. The first-order valence-electron chi connectivity index (χ1n) is 9.28. The van der Waals surface area contributed by atoms with E-state index in [0.717, 1.165) is 48.8 Å². The smallest absolute Gasteiger partial charge is 0.255 e. The molecule has 3 aromatic rings. The number of furan rings is 1. The number of nitrogens with one attached hydrogen (secondary N) is 1. The lowest BCUT2D eigenvalue weighted by Gasteiger charge is -2.28. The van der Waals surface area contributed by atoms with Crippen LogP contribution in [-0.4, -0.2) is 41.0 Å². The van der Waals surface area contributed by atoms with Crippen molar-refractivity contribution in [1.82, 2.24) is 15.2 Å². The third-order valence-corrected chi connectivity index (χ3v) is 5.61. The summed E-state index contributed by atoms with van der Waals surface area (Å²) >= 11 is 0. The molecule has 0 spiro atoms. The minimum absolute atomic E-state index is 0. The first kappa shape index (κ1) is 20.6. The van der Waals surface area contributed by atoms with E-state index in [1.54, 1.807) is 6.26 Å². The zero-order chi connectivity index (χ0) is 17.5. The van der Waals surface area contributed by atoms with E-state index in [0.29, 0.717) is 17.5 Å². The van der Waals surface area contributed by atoms with Gasteiger partial charge in [-0.3, -0.25) is 4.79 Å². The standard InChI is InChI=1S/C21H21N3O2.2ClH/c25-21(24-14-7-8-15(24)13-22-10-9-14)17-12-19(20-6-3-11-26-20)23-18-5-2-1-4-16(17)18;;/h1-6,11-12,14-15,22H,7-10,13H2;2*1H. The predicted molar refractivity (Wildman–Crippen MR) is 114 cm³/mol. The van der Waals surface area contributed by atoms with Crippen LogP contribution in [0.15, 0.2) is 53.1 Å². The van der Waals surface area contributed by atoms with Crippen LogP contribution >= 0.6 is 24.8 Å². The summed E-state index contributed by atoms with van der Waals surface area (Å²) in [5.41, 5.74) is 2.25. The number of benzene rings is 1. The summed E-state index contributed by atoms with van der Waals surface area (Å²) in [4.78, 5) is 20.4. The molecule has 2 aliphatic rings. The molecule has 2 aromatic heterocycles. The van der Waals surface area contributed by atoms with Gasteiger partial charge in [-0.15, -0.1) is 24.8 Å². The zero-order valence-electron chi connectivity index (χ0n) is 15.3. The Morgan fingerprint density at radius 1 is 1.07 bits per heavy atom. The van der Waals surface area contributed by atoms with Gasteiger partial charge in [0.2, 0.25) is 0 Å². The molecular weight excluding hydrogens is 397 g/mol. The molecule has 2 fully saturated rings. The first-order chi connectivity index (χ1) is 12.8. The number of para-hydroxylation sites is 1. The summed E-state index contributed by atoms with van der Waals surface area (Å²) in [6.07, 6.45) is 4.84. The van der Waals surface area contributed by atoms with Crippen molar-refractivity contribution in [2.24, 2.45) is 0 Å². The number of amides is 1. The molecular formula is C21H23Cl2N3O2. The van der Waals surface area contributed by atoms with Crippen molar-refractivity contribution < 1.29 is 9.21 Å². The fourth-order valence-electron chi connectivity index (χ4n) is 4.36. The lowest BCUT2D eigenvalue weighted by Crippen LogP contribution is -2.42. The SMILES string of the molecule is Cl.Cl.O=C(c1cc(-c2ccco2)nc2ccccc12)N1C2CCNCC1CC2. The molecule has 148 valence electrons. The van der Waals surface area contributed by atoms with Gasteiger partial charge >= 0.3 is 0 Å². The molecule has 1 amide bonds. The highest BCUT2D eigenvalue weighted by Gasteiger charge is 2.38. The van der Waals surface area contributed by atoms with E-state index in [-0.39, 0.29) is 36.8 Å². The van der Waals surface area contributed by atoms with Gasteiger partial charge in [0.05, 0.1) is 17.3 Å². The van der Waals surface area contributed by atoms with Crippen molar-refractivity contribution in [2.75, 3.05) is 13.1 Å². The Hall–Kier alpha value is -2.08. The molecule has 0 aliphatic carbocycles. The molecule has 5 nitrogen and oxygen atoms in total. The Bertz CT molecular complexity index is 947. The number of rotatable bonds is 2. The van der Waals surface area contributed by atoms with E-state index in [4.69, 9.17) is 9.40 Å². The van der Waals surface area contributed by atoms with E-state index in [9.17, 15) is 4.79 Å². The highest BCUT2D eigenvalue weighted by Crippen LogP contribution is 2.32. The van der Waals surface area contributed by atoms with Gasteiger partial charge in [0.25, 0.3) is 5.91 Å². The van der Waals surface area contributed by atoms with Crippen LogP contribution in [0.5, 0.6) is 0 Å².